The Labute approximate surface area is 177 Å². The van der Waals surface area contributed by atoms with E-state index in [4.69, 9.17) is 0 Å². The molecule has 0 radical (unpaired) electrons. The first-order chi connectivity index (χ1) is 13.7. The Morgan fingerprint density at radius 2 is 0.931 bits per heavy atom. The third-order valence-corrected chi connectivity index (χ3v) is 5.88. The average molecular weight is 378 g/mol. The first-order valence-corrected chi connectivity index (χ1v) is 10.4. The topological polar surface area (TPSA) is 0 Å². The Morgan fingerprint density at radius 3 is 1.31 bits per heavy atom. The largest absolute Gasteiger partial charge is 0.297 e. The summed E-state index contributed by atoms with van der Waals surface area (Å²) in [5.74, 6) is 7.27. The van der Waals surface area contributed by atoms with Crippen LogP contribution in [0.2, 0.25) is 0 Å². The predicted octanol–water partition coefficient (Wildman–Crippen LogP) is 5.35. The van der Waals surface area contributed by atoms with Crippen LogP contribution in [0.15, 0.2) is 42.5 Å². The van der Waals surface area contributed by atoms with Gasteiger partial charge in [0.25, 0.3) is 6.71 Å². The van der Waals surface area contributed by atoms with Gasteiger partial charge in [-0.15, -0.1) is 5.82 Å². The fraction of sp³-hybridized carbons (Fsp3) is 0.286. The lowest BCUT2D eigenvalue weighted by molar-refractivity contribution is 1.34. The smallest absolute Gasteiger partial charge is 0.137 e. The molecular weight excluding hydrogens is 347 g/mol. The fourth-order valence-corrected chi connectivity index (χ4v) is 4.74. The van der Waals surface area contributed by atoms with E-state index in [1.54, 1.807) is 0 Å². The second-order valence-electron chi connectivity index (χ2n) is 8.59. The normalized spacial score (nSPS) is 10.5. The first kappa shape index (κ1) is 21.0. The molecule has 0 bridgehead atoms. The number of hydrogen-bond donors (Lipinski definition) is 0. The number of hydrogen-bond acceptors (Lipinski definition) is 0. The summed E-state index contributed by atoms with van der Waals surface area (Å²) in [5, 5.41) is 0. The van der Waals surface area contributed by atoms with Gasteiger partial charge in [0.2, 0.25) is 0 Å². The van der Waals surface area contributed by atoms with Crippen molar-refractivity contribution < 1.29 is 0 Å². The lowest BCUT2D eigenvalue weighted by Gasteiger charge is -2.20. The van der Waals surface area contributed by atoms with Gasteiger partial charge in [-0.05, 0) is 66.5 Å². The van der Waals surface area contributed by atoms with Crippen LogP contribution >= 0.6 is 0 Å². The van der Waals surface area contributed by atoms with Crippen LogP contribution in [-0.4, -0.2) is 6.71 Å². The molecular formula is C28H31B. The van der Waals surface area contributed by atoms with Crippen LogP contribution in [-0.2, 0) is 0 Å². The molecule has 0 aliphatic rings. The summed E-state index contributed by atoms with van der Waals surface area (Å²) in [6.45, 7) is 17.6. The zero-order valence-electron chi connectivity index (χ0n) is 19.1. The highest BCUT2D eigenvalue weighted by Crippen LogP contribution is 2.14. The SMILES string of the molecule is Cc1cc(C)c(B(C#Cc2c(C)cccc2C)c2c(C)cc(C)cc2C)c(C)c1. The number of rotatable bonds is 2. The minimum Gasteiger partial charge on any atom is -0.137 e. The predicted molar refractivity (Wildman–Crippen MR) is 129 cm³/mol. The summed E-state index contributed by atoms with van der Waals surface area (Å²) in [6.07, 6.45) is 0. The van der Waals surface area contributed by atoms with Gasteiger partial charge in [0, 0.05) is 5.56 Å². The minimum atomic E-state index is 0.0650. The lowest BCUT2D eigenvalue weighted by atomic mass is 9.38. The van der Waals surface area contributed by atoms with Gasteiger partial charge >= 0.3 is 0 Å². The summed E-state index contributed by atoms with van der Waals surface area (Å²) in [6, 6.07) is 15.6. The Morgan fingerprint density at radius 1 is 0.552 bits per heavy atom. The average Bonchev–Trinajstić information content (AvgIpc) is 2.59. The van der Waals surface area contributed by atoms with Crippen LogP contribution < -0.4 is 10.9 Å². The van der Waals surface area contributed by atoms with Crippen LogP contribution in [0.5, 0.6) is 0 Å². The third kappa shape index (κ3) is 4.33. The molecule has 0 spiro atoms. The molecule has 0 saturated carbocycles. The van der Waals surface area contributed by atoms with Gasteiger partial charge < -0.3 is 0 Å². The third-order valence-electron chi connectivity index (χ3n) is 5.88. The van der Waals surface area contributed by atoms with Crippen molar-refractivity contribution in [2.75, 3.05) is 0 Å². The maximum atomic E-state index is 3.70. The molecule has 0 saturated heterocycles. The van der Waals surface area contributed by atoms with Crippen LogP contribution in [0.1, 0.15) is 50.1 Å². The Kier molecular flexibility index (Phi) is 6.04. The maximum Gasteiger partial charge on any atom is 0.297 e. The molecule has 3 rings (SSSR count). The van der Waals surface area contributed by atoms with Gasteiger partial charge in [0.05, 0.1) is 0 Å². The summed E-state index contributed by atoms with van der Waals surface area (Å²) in [4.78, 5) is 0. The molecule has 0 nitrogen and oxygen atoms in total. The first-order valence-electron chi connectivity index (χ1n) is 10.4. The fourth-order valence-electron chi connectivity index (χ4n) is 4.74. The van der Waals surface area contributed by atoms with Crippen molar-refractivity contribution in [3.8, 4) is 11.7 Å². The van der Waals surface area contributed by atoms with E-state index in [1.165, 1.54) is 55.4 Å². The maximum absolute atomic E-state index is 3.70. The summed E-state index contributed by atoms with van der Waals surface area (Å²) >= 11 is 0. The van der Waals surface area contributed by atoms with Crippen LogP contribution in [0.4, 0.5) is 0 Å². The second kappa shape index (κ2) is 8.34. The molecule has 146 valence electrons. The summed E-state index contributed by atoms with van der Waals surface area (Å²) in [7, 11) is 0. The van der Waals surface area contributed by atoms with Crippen molar-refractivity contribution in [3.63, 3.8) is 0 Å². The van der Waals surface area contributed by atoms with Gasteiger partial charge in [0.15, 0.2) is 0 Å². The Hall–Kier alpha value is -2.72. The molecule has 0 fully saturated rings. The highest BCUT2D eigenvalue weighted by Gasteiger charge is 2.25. The molecule has 0 unspecified atom stereocenters. The number of aryl methyl sites for hydroxylation is 8. The van der Waals surface area contributed by atoms with Crippen molar-refractivity contribution in [3.05, 3.63) is 92.5 Å². The number of benzene rings is 3. The molecule has 29 heavy (non-hydrogen) atoms. The molecule has 0 N–H and O–H groups in total. The van der Waals surface area contributed by atoms with E-state index in [9.17, 15) is 0 Å². The van der Waals surface area contributed by atoms with Crippen LogP contribution in [0.25, 0.3) is 0 Å². The molecule has 1 heteroatoms. The van der Waals surface area contributed by atoms with E-state index in [-0.39, 0.29) is 6.71 Å². The molecule has 0 aliphatic carbocycles. The molecule has 0 aromatic heterocycles. The van der Waals surface area contributed by atoms with E-state index < -0.39 is 0 Å². The lowest BCUT2D eigenvalue weighted by Crippen LogP contribution is -2.46. The van der Waals surface area contributed by atoms with E-state index in [0.717, 1.165) is 5.56 Å². The van der Waals surface area contributed by atoms with E-state index in [0.29, 0.717) is 0 Å². The molecule has 0 amide bonds. The van der Waals surface area contributed by atoms with Crippen LogP contribution in [0.3, 0.4) is 0 Å². The molecule has 0 aliphatic heterocycles. The highest BCUT2D eigenvalue weighted by atomic mass is 14.1. The Bertz CT molecular complexity index is 1010. The zero-order chi connectivity index (χ0) is 21.3. The molecule has 0 atom stereocenters. The van der Waals surface area contributed by atoms with E-state index >= 15 is 0 Å². The molecule has 3 aromatic carbocycles. The van der Waals surface area contributed by atoms with Gasteiger partial charge in [-0.25, -0.2) is 0 Å². The van der Waals surface area contributed by atoms with Crippen molar-refractivity contribution in [2.45, 2.75) is 55.4 Å². The van der Waals surface area contributed by atoms with Gasteiger partial charge in [-0.2, -0.15) is 0 Å². The van der Waals surface area contributed by atoms with Gasteiger partial charge in [-0.3, -0.25) is 0 Å². The van der Waals surface area contributed by atoms with E-state index in [1.807, 2.05) is 0 Å². The zero-order valence-corrected chi connectivity index (χ0v) is 19.1. The summed E-state index contributed by atoms with van der Waals surface area (Å²) < 4.78 is 0. The Balaban J connectivity index is 2.30. The highest BCUT2D eigenvalue weighted by molar-refractivity contribution is 6.92. The van der Waals surface area contributed by atoms with Crippen molar-refractivity contribution >= 4 is 17.6 Å². The monoisotopic (exact) mass is 378 g/mol. The standard InChI is InChI=1S/C28H31B/c1-18-14-22(5)27(23(6)15-18)29(28-24(7)16-19(2)17-25(28)8)13-12-26-20(3)10-9-11-21(26)4/h9-11,14-17H,1-8H3. The van der Waals surface area contributed by atoms with E-state index in [2.05, 4.69) is 110 Å². The van der Waals surface area contributed by atoms with Crippen molar-refractivity contribution in [1.29, 1.82) is 0 Å². The van der Waals surface area contributed by atoms with Crippen molar-refractivity contribution in [2.24, 2.45) is 0 Å². The summed E-state index contributed by atoms with van der Waals surface area (Å²) in [5.41, 5.74) is 14.2. The molecule has 0 heterocycles. The molecule has 3 aromatic rings. The van der Waals surface area contributed by atoms with Crippen LogP contribution in [0, 0.1) is 67.1 Å². The van der Waals surface area contributed by atoms with Crippen molar-refractivity contribution in [1.82, 2.24) is 0 Å². The van der Waals surface area contributed by atoms with Gasteiger partial charge in [0.1, 0.15) is 0 Å². The second-order valence-corrected chi connectivity index (χ2v) is 8.59. The quantitative estimate of drug-likeness (QED) is 0.416. The minimum absolute atomic E-state index is 0.0650. The van der Waals surface area contributed by atoms with Gasteiger partial charge in [-0.1, -0.05) is 92.7 Å².